The van der Waals surface area contributed by atoms with E-state index in [4.69, 9.17) is 4.74 Å². The Hall–Kier alpha value is -4.57. The molecule has 0 bridgehead atoms. The number of carbonyl (C=O) groups excluding carboxylic acids is 2. The number of carbonyl (C=O) groups is 2. The van der Waals surface area contributed by atoms with Crippen LogP contribution in [0.2, 0.25) is 0 Å². The first kappa shape index (κ1) is 48.5. The van der Waals surface area contributed by atoms with Gasteiger partial charge in [-0.25, -0.2) is 16.8 Å². The summed E-state index contributed by atoms with van der Waals surface area (Å²) in [7, 11) is -8.51. The van der Waals surface area contributed by atoms with E-state index in [0.29, 0.717) is 88.3 Å². The first-order valence-electron chi connectivity index (χ1n) is 25.1. The molecule has 2 unspecified atom stereocenters. The number of hydrogen-bond acceptors (Lipinski definition) is 9. The molecule has 0 spiro atoms. The number of ketones is 1. The topological polar surface area (TPSA) is 138 Å². The maximum absolute atomic E-state index is 15.7. The van der Waals surface area contributed by atoms with Crippen LogP contribution in [0, 0.1) is 5.41 Å². The molecule has 1 aromatic heterocycles. The number of fused-ring (bicyclic) bond motifs is 2. The molecule has 0 saturated carbocycles. The van der Waals surface area contributed by atoms with E-state index in [1.165, 1.54) is 21.5 Å². The molecule has 4 saturated heterocycles. The number of nitrogens with zero attached hydrogens (tertiary/aromatic N) is 5. The SMILES string of the molecule is CCCC(=O)C(CCC(=O)N1CCC(OCCN2CCCC2)(c2ccncc2)CC1)(C1CCCCN1S(=O)(=O)c1cccc2ccccc12)C1CCCCN1S(=O)(=O)c1cccc2ccccc12. The minimum Gasteiger partial charge on any atom is -0.369 e. The summed E-state index contributed by atoms with van der Waals surface area (Å²) >= 11 is 0. The molecule has 4 fully saturated rings. The number of piperidine rings is 3. The molecule has 12 nitrogen and oxygen atoms in total. The van der Waals surface area contributed by atoms with Crippen LogP contribution in [0.15, 0.2) is 119 Å². The van der Waals surface area contributed by atoms with Crippen LogP contribution in [0.3, 0.4) is 0 Å². The van der Waals surface area contributed by atoms with E-state index in [9.17, 15) is 4.79 Å². The number of pyridine rings is 1. The molecular formula is C54H67N5O7S2. The Morgan fingerprint density at radius 3 is 1.71 bits per heavy atom. The van der Waals surface area contributed by atoms with Crippen molar-refractivity contribution >= 4 is 53.3 Å². The molecule has 4 aliphatic rings. The molecule has 9 rings (SSSR count). The van der Waals surface area contributed by atoms with Gasteiger partial charge in [-0.05, 0) is 118 Å². The van der Waals surface area contributed by atoms with E-state index in [-0.39, 0.29) is 53.8 Å². The lowest BCUT2D eigenvalue weighted by Gasteiger charge is -2.54. The second-order valence-electron chi connectivity index (χ2n) is 19.4. The van der Waals surface area contributed by atoms with E-state index in [1.54, 1.807) is 36.7 Å². The fraction of sp³-hybridized carbons (Fsp3) is 0.500. The third kappa shape index (κ3) is 9.41. The maximum Gasteiger partial charge on any atom is 0.243 e. The van der Waals surface area contributed by atoms with Gasteiger partial charge < -0.3 is 14.5 Å². The standard InChI is InChI=1S/C54H67N5O7S2/c1-2-15-51(60)54(49-24-7-9-36-58(49)67(62,63)47-22-13-18-42-16-3-5-20-45(42)47,50-25-8-10-37-59(50)68(64,65)48-23-14-19-43-17-4-6-21-46(43)48)29-26-52(61)57-38-30-53(31-39-57,44-27-32-55-33-28-44)66-41-40-56-34-11-12-35-56/h3-6,13-14,16-23,27-28,32-33,49-50H,2,7-12,15,24-26,29-31,34-41H2,1H3. The van der Waals surface area contributed by atoms with Gasteiger partial charge in [0.15, 0.2) is 0 Å². The van der Waals surface area contributed by atoms with Crippen LogP contribution in [0.4, 0.5) is 0 Å². The van der Waals surface area contributed by atoms with Gasteiger partial charge in [-0.3, -0.25) is 14.6 Å². The van der Waals surface area contributed by atoms with Crippen LogP contribution >= 0.6 is 0 Å². The number of rotatable bonds is 17. The zero-order valence-electron chi connectivity index (χ0n) is 39.5. The molecule has 5 heterocycles. The normalized spacial score (nSPS) is 22.0. The van der Waals surface area contributed by atoms with Crippen LogP contribution in [-0.4, -0.2) is 116 Å². The first-order chi connectivity index (χ1) is 33.0. The summed E-state index contributed by atoms with van der Waals surface area (Å²) < 4.78 is 71.8. The largest absolute Gasteiger partial charge is 0.369 e. The number of benzene rings is 4. The Bertz CT molecular complexity index is 2650. The zero-order chi connectivity index (χ0) is 47.4. The number of aromatic nitrogens is 1. The highest BCUT2D eigenvalue weighted by Gasteiger charge is 2.59. The summed E-state index contributed by atoms with van der Waals surface area (Å²) in [5, 5.41) is 2.75. The molecule has 4 aromatic carbocycles. The monoisotopic (exact) mass is 961 g/mol. The van der Waals surface area contributed by atoms with E-state index < -0.39 is 43.1 Å². The smallest absolute Gasteiger partial charge is 0.243 e. The summed E-state index contributed by atoms with van der Waals surface area (Å²) in [4.78, 5) is 39.6. The zero-order valence-corrected chi connectivity index (χ0v) is 41.1. The molecule has 4 aliphatic heterocycles. The fourth-order valence-corrected chi connectivity index (χ4v) is 16.1. The van der Waals surface area contributed by atoms with Crippen molar-refractivity contribution in [3.63, 3.8) is 0 Å². The van der Waals surface area contributed by atoms with Gasteiger partial charge >= 0.3 is 0 Å². The minimum atomic E-state index is -4.26. The number of likely N-dealkylation sites (tertiary alicyclic amines) is 2. The highest BCUT2D eigenvalue weighted by Crippen LogP contribution is 2.50. The van der Waals surface area contributed by atoms with Gasteiger partial charge in [-0.2, -0.15) is 8.61 Å². The van der Waals surface area contributed by atoms with Crippen molar-refractivity contribution in [1.82, 2.24) is 23.4 Å². The highest BCUT2D eigenvalue weighted by atomic mass is 32.2. The molecule has 0 N–H and O–H groups in total. The molecule has 5 aromatic rings. The van der Waals surface area contributed by atoms with Crippen molar-refractivity contribution in [3.05, 3.63) is 115 Å². The summed E-state index contributed by atoms with van der Waals surface area (Å²) in [6.07, 6.45) is 11.0. The number of sulfonamides is 2. The molecule has 0 aliphatic carbocycles. The lowest BCUT2D eigenvalue weighted by Crippen LogP contribution is -2.65. The van der Waals surface area contributed by atoms with Gasteiger partial charge in [0.1, 0.15) is 5.78 Å². The molecule has 2 atom stereocenters. The van der Waals surface area contributed by atoms with Crippen LogP contribution in [-0.2, 0) is 40.0 Å². The van der Waals surface area contributed by atoms with Crippen LogP contribution in [0.1, 0.15) is 102 Å². The van der Waals surface area contributed by atoms with Crippen molar-refractivity contribution < 1.29 is 31.2 Å². The Balaban J connectivity index is 1.10. The van der Waals surface area contributed by atoms with Gasteiger partial charge in [0.2, 0.25) is 26.0 Å². The van der Waals surface area contributed by atoms with Crippen LogP contribution in [0.25, 0.3) is 21.5 Å². The predicted molar refractivity (Wildman–Crippen MR) is 266 cm³/mol. The molecule has 362 valence electrons. The van der Waals surface area contributed by atoms with Crippen LogP contribution in [0.5, 0.6) is 0 Å². The lowest BCUT2D eigenvalue weighted by atomic mass is 9.62. The fourth-order valence-electron chi connectivity index (χ4n) is 12.2. The molecule has 0 radical (unpaired) electrons. The quantitative estimate of drug-likeness (QED) is 0.0895. The Labute approximate surface area is 403 Å². The van der Waals surface area contributed by atoms with E-state index >= 15 is 21.6 Å². The van der Waals surface area contributed by atoms with Gasteiger partial charge in [0.25, 0.3) is 0 Å². The highest BCUT2D eigenvalue weighted by molar-refractivity contribution is 7.89. The molecule has 14 heteroatoms. The average molecular weight is 962 g/mol. The molecule has 68 heavy (non-hydrogen) atoms. The Morgan fingerprint density at radius 2 is 1.16 bits per heavy atom. The van der Waals surface area contributed by atoms with Crippen molar-refractivity contribution in [2.24, 2.45) is 5.41 Å². The average Bonchev–Trinajstić information content (AvgIpc) is 3.90. The maximum atomic E-state index is 15.7. The number of amides is 1. The minimum absolute atomic E-state index is 0.0153. The summed E-state index contributed by atoms with van der Waals surface area (Å²) in [6, 6.07) is 27.6. The van der Waals surface area contributed by atoms with Crippen molar-refractivity contribution in [2.45, 2.75) is 124 Å². The molecular weight excluding hydrogens is 895 g/mol. The lowest BCUT2D eigenvalue weighted by molar-refractivity contribution is -0.144. The first-order valence-corrected chi connectivity index (χ1v) is 27.9. The van der Waals surface area contributed by atoms with E-state index in [1.807, 2.05) is 84.6 Å². The van der Waals surface area contributed by atoms with Gasteiger partial charge in [-0.15, -0.1) is 0 Å². The third-order valence-electron chi connectivity index (χ3n) is 15.6. The summed E-state index contributed by atoms with van der Waals surface area (Å²) in [5.74, 6) is -0.304. The Morgan fingerprint density at radius 1 is 0.647 bits per heavy atom. The van der Waals surface area contributed by atoms with Gasteiger partial charge in [0, 0.05) is 80.8 Å². The number of hydrogen-bond donors (Lipinski definition) is 0. The van der Waals surface area contributed by atoms with Crippen LogP contribution < -0.4 is 0 Å². The van der Waals surface area contributed by atoms with E-state index in [2.05, 4.69) is 9.88 Å². The van der Waals surface area contributed by atoms with Crippen molar-refractivity contribution in [3.8, 4) is 0 Å². The van der Waals surface area contributed by atoms with E-state index in [0.717, 1.165) is 36.0 Å². The second kappa shape index (κ2) is 20.8. The van der Waals surface area contributed by atoms with Gasteiger partial charge in [-0.1, -0.05) is 92.6 Å². The molecule has 1 amide bonds. The second-order valence-corrected chi connectivity index (χ2v) is 23.1. The van der Waals surface area contributed by atoms with Crippen molar-refractivity contribution in [1.29, 1.82) is 0 Å². The third-order valence-corrected chi connectivity index (χ3v) is 19.6. The Kier molecular flexibility index (Phi) is 14.8. The summed E-state index contributed by atoms with van der Waals surface area (Å²) in [5.41, 5.74) is -1.09. The van der Waals surface area contributed by atoms with Gasteiger partial charge in [0.05, 0.1) is 27.4 Å². The van der Waals surface area contributed by atoms with Crippen molar-refractivity contribution in [2.75, 3.05) is 52.4 Å². The number of Topliss-reactive ketones (excluding diaryl/α,β-unsaturated/α-hetero) is 1. The number of ether oxygens (including phenoxy) is 1. The summed E-state index contributed by atoms with van der Waals surface area (Å²) in [6.45, 7) is 6.76. The predicted octanol–water partition coefficient (Wildman–Crippen LogP) is 8.94.